The van der Waals surface area contributed by atoms with E-state index < -0.39 is 27.8 Å². The van der Waals surface area contributed by atoms with Crippen molar-refractivity contribution in [3.8, 4) is 23.4 Å². The van der Waals surface area contributed by atoms with Crippen molar-refractivity contribution in [3.05, 3.63) is 70.9 Å². The molecule has 13 nitrogen and oxygen atoms in total. The number of fused-ring (bicyclic) bond motifs is 1. The van der Waals surface area contributed by atoms with Crippen LogP contribution in [0.3, 0.4) is 0 Å². The van der Waals surface area contributed by atoms with Crippen LogP contribution >= 0.6 is 0 Å². The third-order valence-corrected chi connectivity index (χ3v) is 12.2. The summed E-state index contributed by atoms with van der Waals surface area (Å²) < 4.78 is 46.7. The molecule has 0 radical (unpaired) electrons. The minimum absolute atomic E-state index is 0.00274. The number of carbonyl (C=O) groups is 2. The van der Waals surface area contributed by atoms with Crippen molar-refractivity contribution in [2.75, 3.05) is 71.4 Å². The normalized spacial score (nSPS) is 20.2. The maximum atomic E-state index is 15.4. The predicted octanol–water partition coefficient (Wildman–Crippen LogP) is 3.33. The molecule has 2 aromatic carbocycles. The zero-order valence-corrected chi connectivity index (χ0v) is 30.5. The second-order valence-electron chi connectivity index (χ2n) is 13.2. The Kier molecular flexibility index (Phi) is 10.3. The van der Waals surface area contributed by atoms with E-state index in [0.717, 1.165) is 43.3 Å². The van der Waals surface area contributed by atoms with Gasteiger partial charge in [-0.1, -0.05) is 6.07 Å². The van der Waals surface area contributed by atoms with E-state index in [-0.39, 0.29) is 51.4 Å². The first kappa shape index (κ1) is 36.1. The number of ether oxygens (including phenoxy) is 3. The number of hydrogen-bond acceptors (Lipinski definition) is 11. The van der Waals surface area contributed by atoms with E-state index in [1.165, 1.54) is 50.7 Å². The number of anilines is 1. The molecule has 270 valence electrons. The van der Waals surface area contributed by atoms with Gasteiger partial charge in [0.05, 0.1) is 37.0 Å². The van der Waals surface area contributed by atoms with E-state index >= 15 is 4.79 Å². The second kappa shape index (κ2) is 14.5. The van der Waals surface area contributed by atoms with Gasteiger partial charge in [-0.05, 0) is 69.6 Å². The van der Waals surface area contributed by atoms with Crippen LogP contribution in [-0.2, 0) is 25.0 Å². The quantitative estimate of drug-likeness (QED) is 0.305. The second-order valence-corrected chi connectivity index (χ2v) is 14.9. The summed E-state index contributed by atoms with van der Waals surface area (Å²) in [6.07, 6.45) is 2.69. The average molecular weight is 717 g/mol. The summed E-state index contributed by atoms with van der Waals surface area (Å²) in [4.78, 5) is 40.8. The Morgan fingerprint density at radius 1 is 1.04 bits per heavy atom. The number of pyridine rings is 1. The highest BCUT2D eigenvalue weighted by molar-refractivity contribution is 7.93. The smallest absolute Gasteiger partial charge is 0.270 e. The Morgan fingerprint density at radius 3 is 2.33 bits per heavy atom. The van der Waals surface area contributed by atoms with Crippen molar-refractivity contribution in [1.82, 2.24) is 19.7 Å². The largest absolute Gasteiger partial charge is 0.497 e. The van der Waals surface area contributed by atoms with Crippen LogP contribution in [0, 0.1) is 18.3 Å². The van der Waals surface area contributed by atoms with Gasteiger partial charge < -0.3 is 24.0 Å². The number of hydrogen-bond donors (Lipinski definition) is 0. The third kappa shape index (κ3) is 6.28. The van der Waals surface area contributed by atoms with Crippen LogP contribution < -0.4 is 18.5 Å². The van der Waals surface area contributed by atoms with E-state index in [1.54, 1.807) is 30.9 Å². The summed E-state index contributed by atoms with van der Waals surface area (Å²) in [6.45, 7) is 8.58. The molecule has 0 spiro atoms. The van der Waals surface area contributed by atoms with Crippen LogP contribution in [0.25, 0.3) is 0 Å². The first-order valence-electron chi connectivity index (χ1n) is 17.2. The highest BCUT2D eigenvalue weighted by Gasteiger charge is 2.60. The molecule has 2 amide bonds. The number of carbonyl (C=O) groups excluding carboxylic acids is 2. The Balaban J connectivity index is 1.50. The number of rotatable bonds is 10. The maximum Gasteiger partial charge on any atom is 0.270 e. The molecule has 3 aliphatic rings. The molecule has 1 atom stereocenters. The zero-order valence-electron chi connectivity index (χ0n) is 29.7. The fourth-order valence-electron chi connectivity index (χ4n) is 7.73. The van der Waals surface area contributed by atoms with Gasteiger partial charge in [0.2, 0.25) is 11.8 Å². The number of amides is 2. The van der Waals surface area contributed by atoms with Crippen molar-refractivity contribution < 1.29 is 32.2 Å². The number of piperidine rings is 1. The van der Waals surface area contributed by atoms with Gasteiger partial charge in [0, 0.05) is 75.1 Å². The average Bonchev–Trinajstić information content (AvgIpc) is 3.40. The van der Waals surface area contributed by atoms with E-state index in [4.69, 9.17) is 14.2 Å². The fourth-order valence-corrected chi connectivity index (χ4v) is 9.20. The van der Waals surface area contributed by atoms with E-state index in [1.807, 2.05) is 0 Å². The standard InChI is InChI=1S/C37H44N6O7S/c1-6-50-35-30(8-7-15-39-35)37(23-33(44)42-16-13-26(14-17-42)41-20-18-40(3)19-21-41)34-25(2)29(24-38)32(49-5)22-31(34)43(36(37)45)51(46,47)28-11-9-27(48-4)10-12-28/h7-12,15,22,26H,6,13-14,16-21,23H2,1-5H3. The number of aromatic nitrogens is 1. The molecule has 14 heteroatoms. The van der Waals surface area contributed by atoms with Gasteiger partial charge in [-0.25, -0.2) is 17.7 Å². The van der Waals surface area contributed by atoms with E-state index in [2.05, 4.69) is 27.9 Å². The van der Waals surface area contributed by atoms with Gasteiger partial charge in [-0.3, -0.25) is 14.5 Å². The molecule has 2 saturated heterocycles. The lowest BCUT2D eigenvalue weighted by Crippen LogP contribution is -2.53. The van der Waals surface area contributed by atoms with Crippen LogP contribution in [0.4, 0.5) is 5.69 Å². The molecule has 0 bridgehead atoms. The molecular formula is C37H44N6O7S. The van der Waals surface area contributed by atoms with Crippen molar-refractivity contribution in [2.24, 2.45) is 0 Å². The fraction of sp³-hybridized carbons (Fsp3) is 0.459. The molecule has 0 N–H and O–H groups in total. The molecule has 51 heavy (non-hydrogen) atoms. The van der Waals surface area contributed by atoms with Crippen LogP contribution in [0.2, 0.25) is 0 Å². The lowest BCUT2D eigenvalue weighted by Gasteiger charge is -2.42. The summed E-state index contributed by atoms with van der Waals surface area (Å²) in [7, 11) is 0.381. The molecule has 0 saturated carbocycles. The Labute approximate surface area is 299 Å². The van der Waals surface area contributed by atoms with Gasteiger partial charge in [-0.2, -0.15) is 5.26 Å². The molecule has 6 rings (SSSR count). The lowest BCUT2D eigenvalue weighted by molar-refractivity contribution is -0.136. The number of piperazine rings is 1. The van der Waals surface area contributed by atoms with Crippen LogP contribution in [0.15, 0.2) is 53.6 Å². The third-order valence-electron chi connectivity index (χ3n) is 10.4. The summed E-state index contributed by atoms with van der Waals surface area (Å²) >= 11 is 0. The zero-order chi connectivity index (χ0) is 36.5. The molecule has 3 aliphatic heterocycles. The number of nitriles is 1. The Morgan fingerprint density at radius 2 is 1.73 bits per heavy atom. The van der Waals surface area contributed by atoms with Crippen LogP contribution in [0.5, 0.6) is 17.4 Å². The Hall–Kier alpha value is -4.71. The summed E-state index contributed by atoms with van der Waals surface area (Å²) in [5, 5.41) is 10.3. The van der Waals surface area contributed by atoms with Crippen molar-refractivity contribution >= 4 is 27.5 Å². The Bertz CT molecular complexity index is 1950. The molecule has 3 aromatic rings. The summed E-state index contributed by atoms with van der Waals surface area (Å²) in [5.74, 6) is -0.552. The lowest BCUT2D eigenvalue weighted by atomic mass is 9.70. The topological polar surface area (TPSA) is 146 Å². The minimum Gasteiger partial charge on any atom is -0.497 e. The molecule has 0 aliphatic carbocycles. The maximum absolute atomic E-state index is 15.4. The number of sulfonamides is 1. The van der Waals surface area contributed by atoms with Crippen molar-refractivity contribution in [2.45, 2.75) is 49.5 Å². The van der Waals surface area contributed by atoms with Gasteiger partial charge >= 0.3 is 0 Å². The number of likely N-dealkylation sites (tertiary alicyclic amines) is 1. The number of benzene rings is 2. The van der Waals surface area contributed by atoms with Crippen molar-refractivity contribution in [3.63, 3.8) is 0 Å². The minimum atomic E-state index is -4.58. The van der Waals surface area contributed by atoms with Gasteiger partial charge in [0.25, 0.3) is 15.9 Å². The first-order chi connectivity index (χ1) is 24.5. The van der Waals surface area contributed by atoms with Gasteiger partial charge in [0.1, 0.15) is 23.0 Å². The van der Waals surface area contributed by atoms with Crippen LogP contribution in [-0.4, -0.2) is 113 Å². The SMILES string of the molecule is CCOc1ncccc1C1(CC(=O)N2CCC(N3CCN(C)CC3)CC2)C(=O)N(S(=O)(=O)c2ccc(OC)cc2)c2cc(OC)c(C#N)c(C)c21. The summed E-state index contributed by atoms with van der Waals surface area (Å²) in [5.41, 5.74) is -1.02. The van der Waals surface area contributed by atoms with Crippen molar-refractivity contribution in [1.29, 1.82) is 5.26 Å². The number of methoxy groups -OCH3 is 2. The monoisotopic (exact) mass is 716 g/mol. The van der Waals surface area contributed by atoms with Crippen LogP contribution in [0.1, 0.15) is 48.4 Å². The molecule has 1 unspecified atom stereocenters. The first-order valence-corrected chi connectivity index (χ1v) is 18.6. The highest BCUT2D eigenvalue weighted by atomic mass is 32.2. The van der Waals surface area contributed by atoms with Gasteiger partial charge in [0.15, 0.2) is 0 Å². The van der Waals surface area contributed by atoms with Gasteiger partial charge in [-0.15, -0.1) is 0 Å². The predicted molar refractivity (Wildman–Crippen MR) is 190 cm³/mol. The summed E-state index contributed by atoms with van der Waals surface area (Å²) in [6, 6.07) is 12.9. The van der Waals surface area contributed by atoms with E-state index in [9.17, 15) is 18.5 Å². The number of likely N-dealkylation sites (N-methyl/N-ethyl adjacent to an activating group) is 1. The highest BCUT2D eigenvalue weighted by Crippen LogP contribution is 2.55. The molecule has 2 fully saturated rings. The molecular weight excluding hydrogens is 673 g/mol. The molecule has 1 aromatic heterocycles. The molecule has 4 heterocycles. The number of nitrogens with zero attached hydrogens (tertiary/aromatic N) is 6. The van der Waals surface area contributed by atoms with E-state index in [0.29, 0.717) is 30.4 Å².